The SMILES string of the molecule is CC(C)N(CC1CCCNC1)C(=O)c1ccc(O)cc1. The molecule has 4 nitrogen and oxygen atoms in total. The molecule has 1 aromatic rings. The van der Waals surface area contributed by atoms with Crippen molar-refractivity contribution in [1.29, 1.82) is 0 Å². The predicted octanol–water partition coefficient (Wildman–Crippen LogP) is 2.24. The second kappa shape index (κ2) is 6.75. The molecule has 1 fully saturated rings. The molecule has 4 heteroatoms. The van der Waals surface area contributed by atoms with E-state index in [9.17, 15) is 9.90 Å². The number of hydrogen-bond acceptors (Lipinski definition) is 3. The van der Waals surface area contributed by atoms with Crippen LogP contribution < -0.4 is 5.32 Å². The van der Waals surface area contributed by atoms with Gasteiger partial charge in [-0.3, -0.25) is 4.79 Å². The summed E-state index contributed by atoms with van der Waals surface area (Å²) in [5, 5.41) is 12.7. The lowest BCUT2D eigenvalue weighted by molar-refractivity contribution is 0.0661. The summed E-state index contributed by atoms with van der Waals surface area (Å²) in [7, 11) is 0. The molecule has 1 aliphatic heterocycles. The van der Waals surface area contributed by atoms with Crippen LogP contribution in [-0.4, -0.2) is 41.6 Å². The summed E-state index contributed by atoms with van der Waals surface area (Å²) in [5.74, 6) is 0.770. The molecular weight excluding hydrogens is 252 g/mol. The highest BCUT2D eigenvalue weighted by molar-refractivity contribution is 5.94. The monoisotopic (exact) mass is 276 g/mol. The number of hydrogen-bond donors (Lipinski definition) is 2. The zero-order valence-corrected chi connectivity index (χ0v) is 12.3. The molecule has 0 bridgehead atoms. The normalized spacial score (nSPS) is 19.1. The van der Waals surface area contributed by atoms with Crippen LogP contribution in [0, 0.1) is 5.92 Å². The molecule has 1 saturated heterocycles. The Morgan fingerprint density at radius 3 is 2.65 bits per heavy atom. The number of aromatic hydroxyl groups is 1. The third-order valence-electron chi connectivity index (χ3n) is 3.85. The van der Waals surface area contributed by atoms with Gasteiger partial charge in [-0.2, -0.15) is 0 Å². The van der Waals surface area contributed by atoms with Crippen molar-refractivity contribution in [1.82, 2.24) is 10.2 Å². The third kappa shape index (κ3) is 3.73. The van der Waals surface area contributed by atoms with Gasteiger partial charge in [-0.1, -0.05) is 0 Å². The van der Waals surface area contributed by atoms with Crippen LogP contribution in [0.5, 0.6) is 5.75 Å². The Balaban J connectivity index is 2.07. The highest BCUT2D eigenvalue weighted by Gasteiger charge is 2.23. The number of rotatable bonds is 4. The number of benzene rings is 1. The Labute approximate surface area is 120 Å². The van der Waals surface area contributed by atoms with E-state index >= 15 is 0 Å². The Morgan fingerprint density at radius 1 is 1.40 bits per heavy atom. The van der Waals surface area contributed by atoms with E-state index < -0.39 is 0 Å². The number of carbonyl (C=O) groups is 1. The van der Waals surface area contributed by atoms with Gasteiger partial charge in [0.25, 0.3) is 5.91 Å². The van der Waals surface area contributed by atoms with Crippen molar-refractivity contribution in [2.45, 2.75) is 32.7 Å². The molecule has 1 amide bonds. The van der Waals surface area contributed by atoms with E-state index in [0.29, 0.717) is 11.5 Å². The standard InChI is InChI=1S/C16H24N2O2/c1-12(2)18(11-13-4-3-9-17-10-13)16(20)14-5-7-15(19)8-6-14/h5-8,12-13,17,19H,3-4,9-11H2,1-2H3. The second-order valence-electron chi connectivity index (χ2n) is 5.81. The van der Waals surface area contributed by atoms with Crippen molar-refractivity contribution in [3.63, 3.8) is 0 Å². The molecule has 0 saturated carbocycles. The molecule has 0 aliphatic carbocycles. The molecule has 1 unspecified atom stereocenters. The van der Waals surface area contributed by atoms with Gasteiger partial charge in [0, 0.05) is 18.2 Å². The van der Waals surface area contributed by atoms with Crippen LogP contribution in [0.1, 0.15) is 37.0 Å². The minimum Gasteiger partial charge on any atom is -0.508 e. The van der Waals surface area contributed by atoms with Gasteiger partial charge in [0.05, 0.1) is 0 Å². The average molecular weight is 276 g/mol. The molecule has 20 heavy (non-hydrogen) atoms. The molecule has 1 atom stereocenters. The van der Waals surface area contributed by atoms with Crippen LogP contribution in [0.25, 0.3) is 0 Å². The van der Waals surface area contributed by atoms with Crippen molar-refractivity contribution in [2.75, 3.05) is 19.6 Å². The van der Waals surface area contributed by atoms with Crippen molar-refractivity contribution >= 4 is 5.91 Å². The average Bonchev–Trinajstić information content (AvgIpc) is 2.45. The maximum Gasteiger partial charge on any atom is 0.254 e. The summed E-state index contributed by atoms with van der Waals surface area (Å²) in [6, 6.07) is 6.68. The predicted molar refractivity (Wildman–Crippen MR) is 79.9 cm³/mol. The highest BCUT2D eigenvalue weighted by Crippen LogP contribution is 2.17. The van der Waals surface area contributed by atoms with Gasteiger partial charge in [0.1, 0.15) is 5.75 Å². The summed E-state index contributed by atoms with van der Waals surface area (Å²) in [5.41, 5.74) is 0.639. The second-order valence-corrected chi connectivity index (χ2v) is 5.81. The quantitative estimate of drug-likeness (QED) is 0.887. The number of phenols is 1. The summed E-state index contributed by atoms with van der Waals surface area (Å²) in [6.07, 6.45) is 2.36. The molecule has 1 aromatic carbocycles. The molecule has 0 aromatic heterocycles. The lowest BCUT2D eigenvalue weighted by atomic mass is 9.98. The molecule has 2 rings (SSSR count). The Bertz CT molecular complexity index is 436. The van der Waals surface area contributed by atoms with Crippen molar-refractivity contribution in [2.24, 2.45) is 5.92 Å². The van der Waals surface area contributed by atoms with E-state index in [1.165, 1.54) is 12.8 Å². The first kappa shape index (κ1) is 14.9. The fourth-order valence-electron chi connectivity index (χ4n) is 2.66. The molecular formula is C16H24N2O2. The number of phenolic OH excluding ortho intramolecular Hbond substituents is 1. The van der Waals surface area contributed by atoms with Crippen LogP contribution in [0.3, 0.4) is 0 Å². The lowest BCUT2D eigenvalue weighted by Gasteiger charge is -2.33. The fraction of sp³-hybridized carbons (Fsp3) is 0.562. The van der Waals surface area contributed by atoms with Gasteiger partial charge in [0.15, 0.2) is 0 Å². The minimum atomic E-state index is 0.0468. The van der Waals surface area contributed by atoms with Crippen LogP contribution in [0.4, 0.5) is 0 Å². The molecule has 2 N–H and O–H groups in total. The minimum absolute atomic E-state index is 0.0468. The van der Waals surface area contributed by atoms with Crippen LogP contribution in [0.2, 0.25) is 0 Å². The number of amides is 1. The van der Waals surface area contributed by atoms with Gasteiger partial charge < -0.3 is 15.3 Å². The lowest BCUT2D eigenvalue weighted by Crippen LogP contribution is -2.44. The maximum absolute atomic E-state index is 12.6. The van der Waals surface area contributed by atoms with E-state index in [0.717, 1.165) is 19.6 Å². The largest absolute Gasteiger partial charge is 0.508 e. The van der Waals surface area contributed by atoms with E-state index in [4.69, 9.17) is 0 Å². The zero-order valence-electron chi connectivity index (χ0n) is 12.3. The summed E-state index contributed by atoms with van der Waals surface area (Å²) in [6.45, 7) is 6.98. The van der Waals surface area contributed by atoms with E-state index in [1.807, 2.05) is 4.90 Å². The summed E-state index contributed by atoms with van der Waals surface area (Å²) < 4.78 is 0. The van der Waals surface area contributed by atoms with E-state index in [1.54, 1.807) is 24.3 Å². The smallest absolute Gasteiger partial charge is 0.254 e. The van der Waals surface area contributed by atoms with Crippen molar-refractivity contribution in [3.8, 4) is 5.75 Å². The van der Waals surface area contributed by atoms with Gasteiger partial charge in [-0.05, 0) is 70.0 Å². The first-order valence-electron chi connectivity index (χ1n) is 7.38. The number of nitrogens with one attached hydrogen (secondary N) is 1. The number of piperidine rings is 1. The maximum atomic E-state index is 12.6. The first-order valence-corrected chi connectivity index (χ1v) is 7.38. The van der Waals surface area contributed by atoms with Gasteiger partial charge in [0.2, 0.25) is 0 Å². The van der Waals surface area contributed by atoms with Crippen molar-refractivity contribution < 1.29 is 9.90 Å². The summed E-state index contributed by atoms with van der Waals surface area (Å²) >= 11 is 0. The molecule has 0 radical (unpaired) electrons. The fourth-order valence-corrected chi connectivity index (χ4v) is 2.66. The zero-order chi connectivity index (χ0) is 14.5. The Hall–Kier alpha value is -1.55. The molecule has 1 heterocycles. The molecule has 0 spiro atoms. The Morgan fingerprint density at radius 2 is 2.10 bits per heavy atom. The van der Waals surface area contributed by atoms with Crippen molar-refractivity contribution in [3.05, 3.63) is 29.8 Å². The summed E-state index contributed by atoms with van der Waals surface area (Å²) in [4.78, 5) is 14.5. The van der Waals surface area contributed by atoms with Crippen LogP contribution in [-0.2, 0) is 0 Å². The number of carbonyl (C=O) groups excluding carboxylic acids is 1. The highest BCUT2D eigenvalue weighted by atomic mass is 16.3. The van der Waals surface area contributed by atoms with Gasteiger partial charge in [-0.15, -0.1) is 0 Å². The Kier molecular flexibility index (Phi) is 5.01. The van der Waals surface area contributed by atoms with Crippen LogP contribution >= 0.6 is 0 Å². The van der Waals surface area contributed by atoms with Gasteiger partial charge >= 0.3 is 0 Å². The first-order chi connectivity index (χ1) is 9.58. The topological polar surface area (TPSA) is 52.6 Å². The van der Waals surface area contributed by atoms with E-state index in [2.05, 4.69) is 19.2 Å². The van der Waals surface area contributed by atoms with Gasteiger partial charge in [-0.25, -0.2) is 0 Å². The number of nitrogens with zero attached hydrogens (tertiary/aromatic N) is 1. The third-order valence-corrected chi connectivity index (χ3v) is 3.85. The molecule has 110 valence electrons. The molecule has 1 aliphatic rings. The van der Waals surface area contributed by atoms with Crippen LogP contribution in [0.15, 0.2) is 24.3 Å². The van der Waals surface area contributed by atoms with E-state index in [-0.39, 0.29) is 17.7 Å².